The topological polar surface area (TPSA) is 46.0 Å². The van der Waals surface area contributed by atoms with Gasteiger partial charge in [-0.1, -0.05) is 83.9 Å². The van der Waals surface area contributed by atoms with Gasteiger partial charge in [-0.2, -0.15) is 0 Å². The lowest BCUT2D eigenvalue weighted by Gasteiger charge is -2.38. The van der Waals surface area contributed by atoms with E-state index in [1.807, 2.05) is 36.4 Å². The van der Waals surface area contributed by atoms with E-state index in [1.54, 1.807) is 11.3 Å². The first-order valence-corrected chi connectivity index (χ1v) is 15.4. The van der Waals surface area contributed by atoms with E-state index in [1.165, 1.54) is 0 Å². The summed E-state index contributed by atoms with van der Waals surface area (Å²) in [4.78, 5) is 12.3. The minimum Gasteiger partial charge on any atom is -0.392 e. The van der Waals surface area contributed by atoms with E-state index in [9.17, 15) is 5.11 Å². The van der Waals surface area contributed by atoms with Gasteiger partial charge in [0.15, 0.2) is 0 Å². The van der Waals surface area contributed by atoms with Gasteiger partial charge in [-0.25, -0.2) is 9.97 Å². The van der Waals surface area contributed by atoms with E-state index < -0.39 is 8.07 Å². The fourth-order valence-electron chi connectivity index (χ4n) is 5.25. The van der Waals surface area contributed by atoms with Crippen molar-refractivity contribution in [2.75, 3.05) is 0 Å². The van der Waals surface area contributed by atoms with Gasteiger partial charge in [-0.15, -0.1) is 16.9 Å². The van der Waals surface area contributed by atoms with Crippen molar-refractivity contribution in [3.05, 3.63) is 71.9 Å². The SMILES string of the molecule is CC(C)[Si](C#Cc1nc2ccccc2nc1-c1ccc(-c2ccc(CO)cc2)s1)(C(C)C)C(C)C. The second-order valence-corrected chi connectivity index (χ2v) is 16.7. The summed E-state index contributed by atoms with van der Waals surface area (Å²) in [7, 11) is -1.90. The van der Waals surface area contributed by atoms with Gasteiger partial charge in [0, 0.05) is 4.88 Å². The van der Waals surface area contributed by atoms with Crippen LogP contribution in [0.4, 0.5) is 0 Å². The van der Waals surface area contributed by atoms with E-state index in [4.69, 9.17) is 9.97 Å². The van der Waals surface area contributed by atoms with Crippen molar-refractivity contribution in [2.24, 2.45) is 0 Å². The standard InChI is InChI=1S/C30H34N2OSSi/c1-20(2)35(21(3)4,22(5)6)18-17-27-30(32-26-10-8-7-9-25(26)31-27)29-16-15-28(34-29)24-13-11-23(19-33)12-14-24/h7-16,20-22,33H,19H2,1-6H3. The number of hydrogen-bond acceptors (Lipinski definition) is 4. The van der Waals surface area contributed by atoms with Gasteiger partial charge in [0.25, 0.3) is 0 Å². The number of fused-ring (bicyclic) bond motifs is 1. The zero-order valence-corrected chi connectivity index (χ0v) is 23.3. The Hall–Kier alpha value is -2.78. The minimum absolute atomic E-state index is 0.0542. The number of hydrogen-bond donors (Lipinski definition) is 1. The maximum atomic E-state index is 9.36. The highest BCUT2D eigenvalue weighted by molar-refractivity contribution is 7.18. The Labute approximate surface area is 214 Å². The molecule has 1 N–H and O–H groups in total. The van der Waals surface area contributed by atoms with Gasteiger partial charge in [-0.3, -0.25) is 0 Å². The zero-order chi connectivity index (χ0) is 25.2. The largest absolute Gasteiger partial charge is 0.392 e. The van der Waals surface area contributed by atoms with E-state index in [2.05, 4.69) is 77.3 Å². The quantitative estimate of drug-likeness (QED) is 0.216. The molecule has 5 heteroatoms. The monoisotopic (exact) mass is 498 g/mol. The molecule has 0 aliphatic carbocycles. The predicted molar refractivity (Wildman–Crippen MR) is 152 cm³/mol. The van der Waals surface area contributed by atoms with E-state index in [0.717, 1.165) is 43.3 Å². The maximum absolute atomic E-state index is 9.36. The second kappa shape index (κ2) is 10.5. The number of thiophene rings is 1. The fourth-order valence-corrected chi connectivity index (χ4v) is 11.5. The fraction of sp³-hybridized carbons (Fsp3) is 0.333. The molecule has 0 fully saturated rings. The average molecular weight is 499 g/mol. The summed E-state index contributed by atoms with van der Waals surface area (Å²) in [5, 5.41) is 9.36. The molecule has 0 aliphatic heterocycles. The van der Waals surface area contributed by atoms with E-state index in [-0.39, 0.29) is 6.61 Å². The molecule has 2 heterocycles. The van der Waals surface area contributed by atoms with Crippen LogP contribution in [0, 0.1) is 11.5 Å². The van der Waals surface area contributed by atoms with Crippen LogP contribution in [0.2, 0.25) is 16.6 Å². The summed E-state index contributed by atoms with van der Waals surface area (Å²) in [5.41, 5.74) is 10.9. The smallest absolute Gasteiger partial charge is 0.146 e. The van der Waals surface area contributed by atoms with Gasteiger partial charge in [0.2, 0.25) is 0 Å². The van der Waals surface area contributed by atoms with Crippen LogP contribution in [0.15, 0.2) is 60.7 Å². The Bertz CT molecular complexity index is 1360. The molecule has 0 radical (unpaired) electrons. The molecule has 0 saturated carbocycles. The molecule has 0 atom stereocenters. The number of nitrogens with zero attached hydrogens (tertiary/aromatic N) is 2. The minimum atomic E-state index is -1.90. The van der Waals surface area contributed by atoms with Crippen molar-refractivity contribution in [1.29, 1.82) is 0 Å². The molecule has 3 nitrogen and oxygen atoms in total. The first-order chi connectivity index (χ1) is 16.8. The Morgan fingerprint density at radius 3 is 1.91 bits per heavy atom. The molecule has 4 aromatic rings. The van der Waals surface area contributed by atoms with Gasteiger partial charge in [0.05, 0.1) is 22.5 Å². The summed E-state index contributed by atoms with van der Waals surface area (Å²) in [6, 6.07) is 20.3. The van der Waals surface area contributed by atoms with Crippen molar-refractivity contribution < 1.29 is 5.11 Å². The summed E-state index contributed by atoms with van der Waals surface area (Å²) in [5.74, 6) is 3.57. The summed E-state index contributed by atoms with van der Waals surface area (Å²) >= 11 is 1.71. The first-order valence-electron chi connectivity index (χ1n) is 12.4. The third kappa shape index (κ3) is 4.97. The van der Waals surface area contributed by atoms with E-state index >= 15 is 0 Å². The lowest BCUT2D eigenvalue weighted by molar-refractivity contribution is 0.282. The third-order valence-electron chi connectivity index (χ3n) is 7.09. The molecule has 0 saturated heterocycles. The molecular formula is C30H34N2OSSi. The van der Waals surface area contributed by atoms with Crippen molar-refractivity contribution >= 4 is 30.4 Å². The number of aromatic nitrogens is 2. The highest BCUT2D eigenvalue weighted by atomic mass is 32.1. The number of benzene rings is 2. The lowest BCUT2D eigenvalue weighted by Crippen LogP contribution is -2.43. The zero-order valence-electron chi connectivity index (χ0n) is 21.5. The molecule has 2 aromatic carbocycles. The van der Waals surface area contributed by atoms with Crippen molar-refractivity contribution in [1.82, 2.24) is 9.97 Å². The number of para-hydroxylation sites is 2. The Balaban J connectivity index is 1.86. The highest BCUT2D eigenvalue weighted by Gasteiger charge is 2.41. The summed E-state index contributed by atoms with van der Waals surface area (Å²) in [6.07, 6.45) is 0. The van der Waals surface area contributed by atoms with Gasteiger partial charge in [0.1, 0.15) is 19.5 Å². The van der Waals surface area contributed by atoms with E-state index in [0.29, 0.717) is 16.6 Å². The number of aliphatic hydroxyl groups excluding tert-OH is 1. The van der Waals surface area contributed by atoms with Crippen molar-refractivity contribution in [3.63, 3.8) is 0 Å². The van der Waals surface area contributed by atoms with Crippen LogP contribution in [0.25, 0.3) is 32.0 Å². The summed E-state index contributed by atoms with van der Waals surface area (Å²) < 4.78 is 0. The highest BCUT2D eigenvalue weighted by Crippen LogP contribution is 2.41. The molecule has 4 rings (SSSR count). The van der Waals surface area contributed by atoms with Crippen LogP contribution in [0.3, 0.4) is 0 Å². The molecule has 0 aliphatic rings. The molecule has 2 aromatic heterocycles. The Kier molecular flexibility index (Phi) is 7.56. The predicted octanol–water partition coefficient (Wildman–Crippen LogP) is 8.09. The van der Waals surface area contributed by atoms with Crippen LogP contribution in [-0.4, -0.2) is 23.1 Å². The van der Waals surface area contributed by atoms with Crippen molar-refractivity contribution in [3.8, 4) is 32.5 Å². The Morgan fingerprint density at radius 2 is 1.34 bits per heavy atom. The average Bonchev–Trinajstić information content (AvgIpc) is 3.33. The second-order valence-electron chi connectivity index (χ2n) is 10.1. The van der Waals surface area contributed by atoms with Gasteiger partial charge in [-0.05, 0) is 52.0 Å². The maximum Gasteiger partial charge on any atom is 0.146 e. The lowest BCUT2D eigenvalue weighted by atomic mass is 10.1. The number of aliphatic hydroxyl groups is 1. The van der Waals surface area contributed by atoms with Crippen LogP contribution < -0.4 is 0 Å². The molecular weight excluding hydrogens is 464 g/mol. The van der Waals surface area contributed by atoms with Gasteiger partial charge < -0.3 is 5.11 Å². The molecule has 180 valence electrons. The van der Waals surface area contributed by atoms with Crippen molar-refractivity contribution in [2.45, 2.75) is 64.8 Å². The number of rotatable bonds is 6. The molecule has 35 heavy (non-hydrogen) atoms. The summed E-state index contributed by atoms with van der Waals surface area (Å²) in [6.45, 7) is 14.1. The molecule has 0 spiro atoms. The Morgan fingerprint density at radius 1 is 0.771 bits per heavy atom. The van der Waals surface area contributed by atoms with Crippen LogP contribution in [0.1, 0.15) is 52.8 Å². The third-order valence-corrected chi connectivity index (χ3v) is 14.5. The van der Waals surface area contributed by atoms with Crippen LogP contribution >= 0.6 is 11.3 Å². The van der Waals surface area contributed by atoms with Gasteiger partial charge >= 0.3 is 0 Å². The molecule has 0 bridgehead atoms. The van der Waals surface area contributed by atoms with Crippen LogP contribution in [-0.2, 0) is 6.61 Å². The molecule has 0 amide bonds. The normalized spacial score (nSPS) is 11.9. The molecule has 0 unspecified atom stereocenters. The van der Waals surface area contributed by atoms with Crippen LogP contribution in [0.5, 0.6) is 0 Å². The first kappa shape index (κ1) is 25.3.